The molecule has 1 atom stereocenters. The van der Waals surface area contributed by atoms with Crippen molar-refractivity contribution in [2.24, 2.45) is 0 Å². The number of alkyl halides is 3. The van der Waals surface area contributed by atoms with Gasteiger partial charge in [-0.25, -0.2) is 0 Å². The Morgan fingerprint density at radius 1 is 1.62 bits per heavy atom. The Labute approximate surface area is 88.4 Å². The fourth-order valence-corrected chi connectivity index (χ4v) is 0.881. The highest BCUT2D eigenvalue weighted by Crippen LogP contribution is 2.11. The van der Waals surface area contributed by atoms with E-state index in [4.69, 9.17) is 15.0 Å². The van der Waals surface area contributed by atoms with Crippen molar-refractivity contribution in [2.75, 3.05) is 19.7 Å². The van der Waals surface area contributed by atoms with Gasteiger partial charge in [0.1, 0.15) is 12.0 Å². The van der Waals surface area contributed by atoms with E-state index in [2.05, 4.69) is 5.32 Å². The number of hydrogen-bond donors (Lipinski definition) is 3. The van der Waals surface area contributed by atoms with Crippen LogP contribution in [0.3, 0.4) is 0 Å². The molecule has 0 aromatic heterocycles. The zero-order chi connectivity index (χ0) is 12.8. The molecule has 1 aliphatic rings. The summed E-state index contributed by atoms with van der Waals surface area (Å²) in [7, 11) is 0. The van der Waals surface area contributed by atoms with Gasteiger partial charge in [0.05, 0.1) is 13.2 Å². The molecule has 0 aromatic rings. The van der Waals surface area contributed by atoms with Crippen molar-refractivity contribution in [3.63, 3.8) is 0 Å². The van der Waals surface area contributed by atoms with Crippen molar-refractivity contribution in [3.05, 3.63) is 0 Å². The molecule has 0 aromatic carbocycles. The summed E-state index contributed by atoms with van der Waals surface area (Å²) in [4.78, 5) is 19.4. The fourth-order valence-electron chi connectivity index (χ4n) is 0.881. The van der Waals surface area contributed by atoms with E-state index in [-0.39, 0.29) is 18.6 Å². The van der Waals surface area contributed by atoms with Gasteiger partial charge in [0.2, 0.25) is 0 Å². The van der Waals surface area contributed by atoms with Crippen LogP contribution in [-0.2, 0) is 9.59 Å². The molecule has 1 aliphatic heterocycles. The van der Waals surface area contributed by atoms with E-state index in [0.717, 1.165) is 6.54 Å². The first-order valence-electron chi connectivity index (χ1n) is 4.27. The number of carboxylic acids is 1. The number of aliphatic hydroxyl groups excluding tert-OH is 1. The van der Waals surface area contributed by atoms with Crippen LogP contribution in [0.15, 0.2) is 0 Å². The number of piperazine rings is 1. The third kappa shape index (κ3) is 6.19. The number of aliphatic carboxylic acids is 1. The maximum atomic E-state index is 10.6. The van der Waals surface area contributed by atoms with Gasteiger partial charge >= 0.3 is 6.18 Å². The zero-order valence-corrected chi connectivity index (χ0v) is 8.08. The molecule has 1 heterocycles. The number of amides is 1. The summed E-state index contributed by atoms with van der Waals surface area (Å²) >= 11 is 0. The second-order valence-corrected chi connectivity index (χ2v) is 2.96. The van der Waals surface area contributed by atoms with Gasteiger partial charge in [-0.2, -0.15) is 13.2 Å². The minimum atomic E-state index is -5.19. The standard InChI is InChI=1S/C5H10N2O2.C2HF3O2/c8-3-4-1-6-2-5(9)7-4;3-2(4,5)1(6)7/h4,6,8H,1-3H2,(H,7,9);(H,6,7)/t4-;/m0./s1. The van der Waals surface area contributed by atoms with E-state index in [1.54, 1.807) is 0 Å². The highest BCUT2D eigenvalue weighted by molar-refractivity contribution is 5.77. The summed E-state index contributed by atoms with van der Waals surface area (Å²) in [5, 5.41) is 21.9. The van der Waals surface area contributed by atoms with Gasteiger partial charge < -0.3 is 25.6 Å². The Kier molecular flexibility index (Phi) is 5.75. The molecule has 0 aliphatic carbocycles. The van der Waals surface area contributed by atoms with Gasteiger partial charge in [0, 0.05) is 0 Å². The largest absolute Gasteiger partial charge is 0.542 e. The first-order valence-corrected chi connectivity index (χ1v) is 4.27. The van der Waals surface area contributed by atoms with Gasteiger partial charge in [-0.1, -0.05) is 0 Å². The minimum absolute atomic E-state index is 0.0142. The van der Waals surface area contributed by atoms with Crippen molar-refractivity contribution in [3.8, 4) is 0 Å². The summed E-state index contributed by atoms with van der Waals surface area (Å²) in [6, 6.07) is -0.0359. The van der Waals surface area contributed by atoms with Crippen molar-refractivity contribution in [1.82, 2.24) is 5.32 Å². The number of carbonyl (C=O) groups excluding carboxylic acids is 2. The Morgan fingerprint density at radius 3 is 2.38 bits per heavy atom. The van der Waals surface area contributed by atoms with Crippen molar-refractivity contribution in [1.29, 1.82) is 0 Å². The van der Waals surface area contributed by atoms with E-state index in [0.29, 0.717) is 6.54 Å². The van der Waals surface area contributed by atoms with Gasteiger partial charge in [0.25, 0.3) is 5.91 Å². The Bertz CT molecular complexity index is 257. The molecule has 4 N–H and O–H groups in total. The molecule has 9 heteroatoms. The predicted octanol–water partition coefficient (Wildman–Crippen LogP) is -3.66. The second kappa shape index (κ2) is 6.28. The van der Waals surface area contributed by atoms with E-state index in [1.165, 1.54) is 0 Å². The molecule has 0 radical (unpaired) electrons. The van der Waals surface area contributed by atoms with Crippen molar-refractivity contribution >= 4 is 11.9 Å². The second-order valence-electron chi connectivity index (χ2n) is 2.96. The maximum Gasteiger partial charge on any atom is 0.430 e. The molecule has 1 amide bonds. The van der Waals surface area contributed by atoms with Gasteiger partial charge in [-0.3, -0.25) is 4.79 Å². The lowest BCUT2D eigenvalue weighted by Gasteiger charge is -2.18. The van der Waals surface area contributed by atoms with Crippen molar-refractivity contribution in [2.45, 2.75) is 12.2 Å². The van der Waals surface area contributed by atoms with Crippen LogP contribution in [0.2, 0.25) is 0 Å². The Hall–Kier alpha value is -1.35. The highest BCUT2D eigenvalue weighted by atomic mass is 19.4. The molecular weight excluding hydrogens is 233 g/mol. The number of quaternary nitrogens is 1. The molecule has 0 unspecified atom stereocenters. The van der Waals surface area contributed by atoms with Crippen LogP contribution in [0.25, 0.3) is 0 Å². The molecule has 0 bridgehead atoms. The topological polar surface area (TPSA) is 106 Å². The molecule has 1 rings (SSSR count). The zero-order valence-electron chi connectivity index (χ0n) is 8.08. The van der Waals surface area contributed by atoms with Crippen LogP contribution in [-0.4, -0.2) is 48.9 Å². The number of hydrogen-bond acceptors (Lipinski definition) is 4. The average molecular weight is 244 g/mol. The molecule has 94 valence electrons. The molecule has 1 fully saturated rings. The van der Waals surface area contributed by atoms with E-state index < -0.39 is 12.1 Å². The van der Waals surface area contributed by atoms with Gasteiger partial charge in [-0.05, 0) is 0 Å². The monoisotopic (exact) mass is 244 g/mol. The SMILES string of the molecule is O=C([O-])C(F)(F)F.O=C1C[NH2+]C[C@@H](CO)N1. The average Bonchev–Trinajstić information content (AvgIpc) is 2.17. The number of rotatable bonds is 1. The smallest absolute Gasteiger partial charge is 0.430 e. The summed E-state index contributed by atoms with van der Waals surface area (Å²) < 4.78 is 31.5. The highest BCUT2D eigenvalue weighted by Gasteiger charge is 2.28. The van der Waals surface area contributed by atoms with Crippen LogP contribution in [0.4, 0.5) is 13.2 Å². The van der Waals surface area contributed by atoms with Crippen LogP contribution >= 0.6 is 0 Å². The van der Waals surface area contributed by atoms with Gasteiger partial charge in [0.15, 0.2) is 6.54 Å². The first kappa shape index (κ1) is 14.6. The van der Waals surface area contributed by atoms with E-state index in [9.17, 15) is 18.0 Å². The molecule has 6 nitrogen and oxygen atoms in total. The molecule has 1 saturated heterocycles. The third-order valence-corrected chi connectivity index (χ3v) is 1.60. The summed E-state index contributed by atoms with van der Waals surface area (Å²) in [6.45, 7) is 1.33. The Morgan fingerprint density at radius 2 is 2.12 bits per heavy atom. The van der Waals surface area contributed by atoms with Crippen LogP contribution in [0.1, 0.15) is 0 Å². The lowest BCUT2D eigenvalue weighted by molar-refractivity contribution is -0.651. The minimum Gasteiger partial charge on any atom is -0.542 e. The Balaban J connectivity index is 0.000000293. The van der Waals surface area contributed by atoms with Gasteiger partial charge in [-0.15, -0.1) is 0 Å². The number of nitrogens with one attached hydrogen (secondary N) is 1. The first-order chi connectivity index (χ1) is 7.27. The number of nitrogens with two attached hydrogens (primary N) is 1. The van der Waals surface area contributed by atoms with E-state index >= 15 is 0 Å². The summed E-state index contributed by atoms with van der Waals surface area (Å²) in [5.74, 6) is -2.99. The summed E-state index contributed by atoms with van der Waals surface area (Å²) in [5.41, 5.74) is 0. The molecular formula is C7H11F3N2O4. The van der Waals surface area contributed by atoms with Crippen LogP contribution in [0.5, 0.6) is 0 Å². The summed E-state index contributed by atoms with van der Waals surface area (Å²) in [6.07, 6.45) is -5.19. The lowest BCUT2D eigenvalue weighted by atomic mass is 10.2. The number of aliphatic hydroxyl groups is 1. The third-order valence-electron chi connectivity index (χ3n) is 1.60. The predicted molar refractivity (Wildman–Crippen MR) is 41.7 cm³/mol. The van der Waals surface area contributed by atoms with E-state index in [1.807, 2.05) is 5.32 Å². The molecule has 0 saturated carbocycles. The maximum absolute atomic E-state index is 10.6. The van der Waals surface area contributed by atoms with Crippen LogP contribution < -0.4 is 15.7 Å². The number of halogens is 3. The quantitative estimate of drug-likeness (QED) is 0.442. The van der Waals surface area contributed by atoms with Crippen molar-refractivity contribution < 1.29 is 38.3 Å². The van der Waals surface area contributed by atoms with Crippen LogP contribution in [0, 0.1) is 0 Å². The molecule has 16 heavy (non-hydrogen) atoms. The fraction of sp³-hybridized carbons (Fsp3) is 0.714. The number of carboxylic acid groups (broad SMARTS) is 1. The normalized spacial score (nSPS) is 20.5. The number of carbonyl (C=O) groups is 2. The lowest BCUT2D eigenvalue weighted by Crippen LogP contribution is -2.93. The molecule has 0 spiro atoms.